The van der Waals surface area contributed by atoms with Gasteiger partial charge >= 0.3 is 0 Å². The molecule has 0 radical (unpaired) electrons. The fourth-order valence-electron chi connectivity index (χ4n) is 0.851. The summed E-state index contributed by atoms with van der Waals surface area (Å²) in [6.45, 7) is 0. The lowest BCUT2D eigenvalue weighted by molar-refractivity contribution is -0.121. The summed E-state index contributed by atoms with van der Waals surface area (Å²) in [6.07, 6.45) is 1.98. The van der Waals surface area contributed by atoms with Crippen LogP contribution in [-0.4, -0.2) is 17.9 Å². The standard InChI is InChI=1S/C8H11N3O/c1-9-11-8(12)6-7-4-2-3-5-10-7/h2-5,9H,6H2,1H3,(H,11,12). The Bertz CT molecular complexity index is 248. The summed E-state index contributed by atoms with van der Waals surface area (Å²) in [5.74, 6) is -0.0869. The van der Waals surface area contributed by atoms with Gasteiger partial charge in [-0.3, -0.25) is 15.2 Å². The van der Waals surface area contributed by atoms with Crippen molar-refractivity contribution in [3.63, 3.8) is 0 Å². The number of carbonyl (C=O) groups is 1. The highest BCUT2D eigenvalue weighted by Crippen LogP contribution is 1.93. The Morgan fingerprint density at radius 1 is 1.58 bits per heavy atom. The first kappa shape index (κ1) is 8.67. The quantitative estimate of drug-likeness (QED) is 0.614. The van der Waals surface area contributed by atoms with Crippen molar-refractivity contribution in [1.82, 2.24) is 15.8 Å². The van der Waals surface area contributed by atoms with Gasteiger partial charge in [0.2, 0.25) is 5.91 Å². The van der Waals surface area contributed by atoms with E-state index in [4.69, 9.17) is 0 Å². The van der Waals surface area contributed by atoms with Gasteiger partial charge in [0.1, 0.15) is 0 Å². The molecule has 12 heavy (non-hydrogen) atoms. The molecule has 0 aromatic carbocycles. The highest BCUT2D eigenvalue weighted by molar-refractivity contribution is 5.77. The Labute approximate surface area is 71.0 Å². The third-order valence-corrected chi connectivity index (χ3v) is 1.33. The molecule has 1 heterocycles. The van der Waals surface area contributed by atoms with Gasteiger partial charge in [-0.15, -0.1) is 0 Å². The number of amides is 1. The van der Waals surface area contributed by atoms with E-state index in [1.54, 1.807) is 13.2 Å². The Morgan fingerprint density at radius 2 is 2.42 bits per heavy atom. The molecule has 1 aromatic rings. The Hall–Kier alpha value is -1.42. The minimum Gasteiger partial charge on any atom is -0.292 e. The van der Waals surface area contributed by atoms with Crippen molar-refractivity contribution >= 4 is 5.91 Å². The van der Waals surface area contributed by atoms with E-state index in [-0.39, 0.29) is 5.91 Å². The molecule has 0 fully saturated rings. The molecule has 0 atom stereocenters. The van der Waals surface area contributed by atoms with Crippen LogP contribution in [0.3, 0.4) is 0 Å². The molecule has 0 saturated heterocycles. The summed E-state index contributed by atoms with van der Waals surface area (Å²) in [7, 11) is 1.65. The summed E-state index contributed by atoms with van der Waals surface area (Å²) in [5, 5.41) is 0. The van der Waals surface area contributed by atoms with Crippen LogP contribution in [0.25, 0.3) is 0 Å². The second kappa shape index (κ2) is 4.46. The second-order valence-electron chi connectivity index (χ2n) is 2.30. The summed E-state index contributed by atoms with van der Waals surface area (Å²) < 4.78 is 0. The third kappa shape index (κ3) is 2.67. The molecular formula is C8H11N3O. The lowest BCUT2D eigenvalue weighted by Crippen LogP contribution is -2.35. The van der Waals surface area contributed by atoms with Crippen LogP contribution in [0.15, 0.2) is 24.4 Å². The Balaban J connectivity index is 2.47. The van der Waals surface area contributed by atoms with E-state index in [2.05, 4.69) is 15.8 Å². The molecule has 0 aliphatic heterocycles. The predicted octanol–water partition coefficient (Wildman–Crippen LogP) is -0.125. The average molecular weight is 165 g/mol. The minimum atomic E-state index is -0.0869. The number of carbonyl (C=O) groups excluding carboxylic acids is 1. The maximum Gasteiger partial charge on any atom is 0.240 e. The Kier molecular flexibility index (Phi) is 3.22. The SMILES string of the molecule is CNNC(=O)Cc1ccccn1. The lowest BCUT2D eigenvalue weighted by Gasteiger charge is -2.01. The van der Waals surface area contributed by atoms with E-state index >= 15 is 0 Å². The minimum absolute atomic E-state index is 0.0869. The molecule has 0 aliphatic carbocycles. The second-order valence-corrected chi connectivity index (χ2v) is 2.30. The van der Waals surface area contributed by atoms with Crippen LogP contribution in [0, 0.1) is 0 Å². The molecule has 0 unspecified atom stereocenters. The van der Waals surface area contributed by atoms with E-state index in [0.29, 0.717) is 6.42 Å². The molecule has 1 aromatic heterocycles. The number of nitrogens with one attached hydrogen (secondary N) is 2. The van der Waals surface area contributed by atoms with Crippen LogP contribution in [0.1, 0.15) is 5.69 Å². The van der Waals surface area contributed by atoms with Gasteiger partial charge in [0.05, 0.1) is 6.42 Å². The average Bonchev–Trinajstić information content (AvgIpc) is 2.06. The van der Waals surface area contributed by atoms with E-state index in [1.807, 2.05) is 18.2 Å². The molecule has 4 heteroatoms. The summed E-state index contributed by atoms with van der Waals surface area (Å²) in [4.78, 5) is 15.0. The van der Waals surface area contributed by atoms with Crippen molar-refractivity contribution in [3.05, 3.63) is 30.1 Å². The van der Waals surface area contributed by atoms with Crippen LogP contribution in [-0.2, 0) is 11.2 Å². The van der Waals surface area contributed by atoms with Gasteiger partial charge in [-0.2, -0.15) is 0 Å². The van der Waals surface area contributed by atoms with E-state index < -0.39 is 0 Å². The number of rotatable bonds is 3. The smallest absolute Gasteiger partial charge is 0.240 e. The topological polar surface area (TPSA) is 54.0 Å². The van der Waals surface area contributed by atoms with Crippen molar-refractivity contribution in [2.24, 2.45) is 0 Å². The van der Waals surface area contributed by atoms with Crippen molar-refractivity contribution in [1.29, 1.82) is 0 Å². The summed E-state index contributed by atoms with van der Waals surface area (Å²) in [5.41, 5.74) is 5.79. The van der Waals surface area contributed by atoms with Crippen LogP contribution < -0.4 is 10.9 Å². The van der Waals surface area contributed by atoms with E-state index in [1.165, 1.54) is 0 Å². The lowest BCUT2D eigenvalue weighted by atomic mass is 10.3. The molecular weight excluding hydrogens is 154 g/mol. The number of hydrogen-bond donors (Lipinski definition) is 2. The van der Waals surface area contributed by atoms with Gasteiger partial charge in [0.25, 0.3) is 0 Å². The van der Waals surface area contributed by atoms with E-state index in [9.17, 15) is 4.79 Å². The molecule has 1 rings (SSSR count). The molecule has 0 spiro atoms. The molecule has 1 amide bonds. The molecule has 0 aliphatic rings. The highest BCUT2D eigenvalue weighted by atomic mass is 16.2. The maximum absolute atomic E-state index is 11.0. The molecule has 0 bridgehead atoms. The van der Waals surface area contributed by atoms with Crippen molar-refractivity contribution < 1.29 is 4.79 Å². The third-order valence-electron chi connectivity index (χ3n) is 1.33. The number of aromatic nitrogens is 1. The van der Waals surface area contributed by atoms with Crippen molar-refractivity contribution in [3.8, 4) is 0 Å². The van der Waals surface area contributed by atoms with Gasteiger partial charge in [0, 0.05) is 18.9 Å². The van der Waals surface area contributed by atoms with Gasteiger partial charge < -0.3 is 0 Å². The normalized spacial score (nSPS) is 9.42. The summed E-state index contributed by atoms with van der Waals surface area (Å²) in [6, 6.07) is 5.49. The van der Waals surface area contributed by atoms with E-state index in [0.717, 1.165) is 5.69 Å². The first-order valence-corrected chi connectivity index (χ1v) is 3.68. The van der Waals surface area contributed by atoms with Gasteiger partial charge in [-0.05, 0) is 12.1 Å². The molecule has 64 valence electrons. The number of hydrazine groups is 1. The largest absolute Gasteiger partial charge is 0.292 e. The van der Waals surface area contributed by atoms with Crippen LogP contribution >= 0.6 is 0 Å². The van der Waals surface area contributed by atoms with Gasteiger partial charge in [-0.1, -0.05) is 6.07 Å². The fourth-order valence-corrected chi connectivity index (χ4v) is 0.851. The van der Waals surface area contributed by atoms with Gasteiger partial charge in [0.15, 0.2) is 0 Å². The van der Waals surface area contributed by atoms with Crippen LogP contribution in [0.2, 0.25) is 0 Å². The zero-order valence-corrected chi connectivity index (χ0v) is 6.87. The van der Waals surface area contributed by atoms with Crippen LogP contribution in [0.5, 0.6) is 0 Å². The van der Waals surface area contributed by atoms with Gasteiger partial charge in [-0.25, -0.2) is 5.43 Å². The van der Waals surface area contributed by atoms with Crippen molar-refractivity contribution in [2.45, 2.75) is 6.42 Å². The molecule has 0 saturated carbocycles. The number of nitrogens with zero attached hydrogens (tertiary/aromatic N) is 1. The number of hydrogen-bond acceptors (Lipinski definition) is 3. The molecule has 4 nitrogen and oxygen atoms in total. The Morgan fingerprint density at radius 3 is 3.00 bits per heavy atom. The van der Waals surface area contributed by atoms with Crippen molar-refractivity contribution in [2.75, 3.05) is 7.05 Å². The zero-order valence-electron chi connectivity index (χ0n) is 6.87. The first-order valence-electron chi connectivity index (χ1n) is 3.68. The molecule has 2 N–H and O–H groups in total. The zero-order chi connectivity index (χ0) is 8.81. The summed E-state index contributed by atoms with van der Waals surface area (Å²) >= 11 is 0. The maximum atomic E-state index is 11.0. The highest BCUT2D eigenvalue weighted by Gasteiger charge is 2.00. The fraction of sp³-hybridized carbons (Fsp3) is 0.250. The predicted molar refractivity (Wildman–Crippen MR) is 45.1 cm³/mol. The first-order chi connectivity index (χ1) is 5.83. The number of pyridine rings is 1. The monoisotopic (exact) mass is 165 g/mol. The van der Waals surface area contributed by atoms with Crippen LogP contribution in [0.4, 0.5) is 0 Å².